The van der Waals surface area contributed by atoms with E-state index < -0.39 is 0 Å². The lowest BCUT2D eigenvalue weighted by Crippen LogP contribution is -2.43. The summed E-state index contributed by atoms with van der Waals surface area (Å²) in [4.78, 5) is 12.2. The zero-order valence-corrected chi connectivity index (χ0v) is 12.8. The van der Waals surface area contributed by atoms with Gasteiger partial charge in [-0.3, -0.25) is 4.79 Å². The first-order chi connectivity index (χ1) is 8.99. The topological polar surface area (TPSA) is 29.1 Å². The summed E-state index contributed by atoms with van der Waals surface area (Å²) >= 11 is 11.8. The molecule has 1 amide bonds. The maximum atomic E-state index is 12.2. The highest BCUT2D eigenvalue weighted by molar-refractivity contribution is 6.42. The van der Waals surface area contributed by atoms with Crippen molar-refractivity contribution in [2.24, 2.45) is 11.8 Å². The van der Waals surface area contributed by atoms with Crippen molar-refractivity contribution in [1.29, 1.82) is 0 Å². The molecule has 0 bridgehead atoms. The predicted molar refractivity (Wildman–Crippen MR) is 79.9 cm³/mol. The first-order valence-corrected chi connectivity index (χ1v) is 7.50. The summed E-state index contributed by atoms with van der Waals surface area (Å²) in [6.07, 6.45) is 3.48. The Morgan fingerprint density at radius 2 is 1.95 bits per heavy atom. The Bertz CT molecular complexity index is 475. The summed E-state index contributed by atoms with van der Waals surface area (Å²) in [5.74, 6) is 1.11. The van der Waals surface area contributed by atoms with E-state index >= 15 is 0 Å². The van der Waals surface area contributed by atoms with E-state index in [2.05, 4.69) is 19.2 Å². The average molecular weight is 300 g/mol. The third-order valence-corrected chi connectivity index (χ3v) is 4.94. The minimum Gasteiger partial charge on any atom is -0.349 e. The number of hydrogen-bond donors (Lipinski definition) is 1. The number of amides is 1. The second-order valence-corrected chi connectivity index (χ2v) is 6.29. The van der Waals surface area contributed by atoms with Gasteiger partial charge in [0.25, 0.3) is 5.91 Å². The zero-order valence-electron chi connectivity index (χ0n) is 11.2. The second-order valence-electron chi connectivity index (χ2n) is 5.48. The fourth-order valence-electron chi connectivity index (χ4n) is 2.67. The SMILES string of the molecule is C[C@@H]1[C@H](C)CCC[C@H]1NC(=O)c1ccc(Cl)c(Cl)c1. The first-order valence-electron chi connectivity index (χ1n) is 6.75. The Balaban J connectivity index is 2.06. The minimum atomic E-state index is -0.0653. The Morgan fingerprint density at radius 1 is 1.21 bits per heavy atom. The molecule has 1 aliphatic rings. The van der Waals surface area contributed by atoms with Gasteiger partial charge in [-0.2, -0.15) is 0 Å². The molecule has 3 atom stereocenters. The van der Waals surface area contributed by atoms with Crippen LogP contribution in [0.1, 0.15) is 43.5 Å². The van der Waals surface area contributed by atoms with Gasteiger partial charge >= 0.3 is 0 Å². The Hall–Kier alpha value is -0.730. The lowest BCUT2D eigenvalue weighted by atomic mass is 9.78. The van der Waals surface area contributed by atoms with Gasteiger partial charge in [0.2, 0.25) is 0 Å². The third kappa shape index (κ3) is 3.43. The molecule has 1 saturated carbocycles. The standard InChI is InChI=1S/C15H19Cl2NO/c1-9-4-3-5-14(10(9)2)18-15(19)11-6-7-12(16)13(17)8-11/h6-10,14H,3-5H2,1-2H3,(H,18,19)/t9-,10-,14-/m1/s1. The summed E-state index contributed by atoms with van der Waals surface area (Å²) in [6.45, 7) is 4.46. The summed E-state index contributed by atoms with van der Waals surface area (Å²) in [5.41, 5.74) is 0.569. The number of rotatable bonds is 2. The Kier molecular flexibility index (Phi) is 4.75. The quantitative estimate of drug-likeness (QED) is 0.853. The van der Waals surface area contributed by atoms with Crippen molar-refractivity contribution < 1.29 is 4.79 Å². The second kappa shape index (κ2) is 6.15. The molecule has 1 aromatic carbocycles. The van der Waals surface area contributed by atoms with E-state index in [1.165, 1.54) is 12.8 Å². The highest BCUT2D eigenvalue weighted by atomic mass is 35.5. The minimum absolute atomic E-state index is 0.0653. The molecule has 0 radical (unpaired) electrons. The van der Waals surface area contributed by atoms with E-state index in [0.29, 0.717) is 27.4 Å². The number of nitrogens with one attached hydrogen (secondary N) is 1. The molecule has 1 aliphatic carbocycles. The number of carbonyl (C=O) groups is 1. The number of halogens is 2. The molecule has 0 unspecified atom stereocenters. The Labute approximate surface area is 124 Å². The van der Waals surface area contributed by atoms with Crippen LogP contribution in [0.4, 0.5) is 0 Å². The fraction of sp³-hybridized carbons (Fsp3) is 0.533. The molecule has 1 N–H and O–H groups in total. The Morgan fingerprint density at radius 3 is 2.63 bits per heavy atom. The van der Waals surface area contributed by atoms with Crippen LogP contribution >= 0.6 is 23.2 Å². The summed E-state index contributed by atoms with van der Waals surface area (Å²) in [6, 6.07) is 5.24. The fourth-order valence-corrected chi connectivity index (χ4v) is 2.97. The van der Waals surface area contributed by atoms with Crippen molar-refractivity contribution >= 4 is 29.1 Å². The molecule has 1 aromatic rings. The molecule has 0 aliphatic heterocycles. The van der Waals surface area contributed by atoms with Crippen LogP contribution in [-0.2, 0) is 0 Å². The van der Waals surface area contributed by atoms with Crippen LogP contribution in [0.25, 0.3) is 0 Å². The van der Waals surface area contributed by atoms with Gasteiger partial charge in [0, 0.05) is 11.6 Å². The van der Waals surface area contributed by atoms with Gasteiger partial charge in [-0.15, -0.1) is 0 Å². The maximum Gasteiger partial charge on any atom is 0.251 e. The molecular weight excluding hydrogens is 281 g/mol. The highest BCUT2D eigenvalue weighted by Gasteiger charge is 2.28. The first kappa shape index (κ1) is 14.7. The predicted octanol–water partition coefficient (Wildman–Crippen LogP) is 4.55. The van der Waals surface area contributed by atoms with E-state index in [4.69, 9.17) is 23.2 Å². The van der Waals surface area contributed by atoms with Gasteiger partial charge in [0.15, 0.2) is 0 Å². The zero-order chi connectivity index (χ0) is 14.0. The van der Waals surface area contributed by atoms with Crippen molar-refractivity contribution in [3.8, 4) is 0 Å². The smallest absolute Gasteiger partial charge is 0.251 e. The van der Waals surface area contributed by atoms with Crippen molar-refractivity contribution in [3.05, 3.63) is 33.8 Å². The van der Waals surface area contributed by atoms with Gasteiger partial charge in [0.1, 0.15) is 0 Å². The molecule has 0 saturated heterocycles. The van der Waals surface area contributed by atoms with Gasteiger partial charge in [-0.25, -0.2) is 0 Å². The van der Waals surface area contributed by atoms with Crippen molar-refractivity contribution in [2.75, 3.05) is 0 Å². The molecule has 0 spiro atoms. The largest absolute Gasteiger partial charge is 0.349 e. The van der Waals surface area contributed by atoms with Crippen LogP contribution in [0, 0.1) is 11.8 Å². The van der Waals surface area contributed by atoms with Crippen LogP contribution in [0.2, 0.25) is 10.0 Å². The van der Waals surface area contributed by atoms with Crippen LogP contribution in [0.3, 0.4) is 0 Å². The summed E-state index contributed by atoms with van der Waals surface area (Å²) in [5, 5.41) is 4.01. The van der Waals surface area contributed by atoms with Crippen molar-refractivity contribution in [3.63, 3.8) is 0 Å². The van der Waals surface area contributed by atoms with E-state index in [-0.39, 0.29) is 11.9 Å². The molecule has 1 fully saturated rings. The molecule has 2 nitrogen and oxygen atoms in total. The van der Waals surface area contributed by atoms with Crippen LogP contribution in [0.15, 0.2) is 18.2 Å². The van der Waals surface area contributed by atoms with Gasteiger partial charge in [-0.1, -0.05) is 49.9 Å². The third-order valence-electron chi connectivity index (χ3n) is 4.21. The monoisotopic (exact) mass is 299 g/mol. The lowest BCUT2D eigenvalue weighted by Gasteiger charge is -2.34. The van der Waals surface area contributed by atoms with E-state index in [9.17, 15) is 4.79 Å². The van der Waals surface area contributed by atoms with Crippen molar-refractivity contribution in [1.82, 2.24) is 5.32 Å². The summed E-state index contributed by atoms with van der Waals surface area (Å²) in [7, 11) is 0. The number of carbonyl (C=O) groups excluding carboxylic acids is 1. The van der Waals surface area contributed by atoms with Crippen LogP contribution in [-0.4, -0.2) is 11.9 Å². The van der Waals surface area contributed by atoms with Crippen molar-refractivity contribution in [2.45, 2.75) is 39.2 Å². The molecular formula is C15H19Cl2NO. The van der Waals surface area contributed by atoms with E-state index in [1.807, 2.05) is 0 Å². The number of benzene rings is 1. The van der Waals surface area contributed by atoms with Crippen LogP contribution < -0.4 is 5.32 Å². The van der Waals surface area contributed by atoms with Gasteiger partial charge < -0.3 is 5.32 Å². The molecule has 0 aromatic heterocycles. The summed E-state index contributed by atoms with van der Waals surface area (Å²) < 4.78 is 0. The highest BCUT2D eigenvalue weighted by Crippen LogP contribution is 2.30. The van der Waals surface area contributed by atoms with Gasteiger partial charge in [0.05, 0.1) is 10.0 Å². The molecule has 104 valence electrons. The normalized spacial score (nSPS) is 27.1. The molecule has 2 rings (SSSR count). The molecule has 0 heterocycles. The molecule has 4 heteroatoms. The van der Waals surface area contributed by atoms with Crippen LogP contribution in [0.5, 0.6) is 0 Å². The lowest BCUT2D eigenvalue weighted by molar-refractivity contribution is 0.0891. The average Bonchev–Trinajstić information content (AvgIpc) is 2.38. The number of hydrogen-bond acceptors (Lipinski definition) is 1. The van der Waals surface area contributed by atoms with Gasteiger partial charge in [-0.05, 0) is 36.5 Å². The molecule has 19 heavy (non-hydrogen) atoms. The van der Waals surface area contributed by atoms with E-state index in [0.717, 1.165) is 6.42 Å². The maximum absolute atomic E-state index is 12.2. The van der Waals surface area contributed by atoms with E-state index in [1.54, 1.807) is 18.2 Å².